The lowest BCUT2D eigenvalue weighted by Crippen LogP contribution is -2.23. The highest BCUT2D eigenvalue weighted by atomic mass is 32.2. The first-order valence-corrected chi connectivity index (χ1v) is 7.63. The van der Waals surface area contributed by atoms with Crippen LogP contribution in [0.1, 0.15) is 18.9 Å². The van der Waals surface area contributed by atoms with Gasteiger partial charge in [0.15, 0.2) is 5.16 Å². The molecule has 1 atom stereocenters. The molecular formula is C11H13N5O2S2. The number of hydrogen-bond donors (Lipinski definition) is 2. The number of anilines is 1. The molecule has 2 aromatic rings. The largest absolute Gasteiger partial charge is 0.301 e. The van der Waals surface area contributed by atoms with Crippen LogP contribution in [0.3, 0.4) is 0 Å². The van der Waals surface area contributed by atoms with Gasteiger partial charge in [0.05, 0.1) is 5.25 Å². The summed E-state index contributed by atoms with van der Waals surface area (Å²) in [6.07, 6.45) is 2.19. The average molecular weight is 311 g/mol. The zero-order valence-corrected chi connectivity index (χ0v) is 12.5. The van der Waals surface area contributed by atoms with E-state index in [1.165, 1.54) is 35.4 Å². The Bertz CT molecular complexity index is 654. The molecule has 0 fully saturated rings. The molecule has 0 bridgehead atoms. The smallest absolute Gasteiger partial charge is 0.251 e. The van der Waals surface area contributed by atoms with Gasteiger partial charge >= 0.3 is 0 Å². The quantitative estimate of drug-likeness (QED) is 0.637. The molecule has 9 heteroatoms. The van der Waals surface area contributed by atoms with Gasteiger partial charge in [-0.05, 0) is 13.3 Å². The first-order chi connectivity index (χ1) is 9.58. The molecule has 0 saturated heterocycles. The average Bonchev–Trinajstić information content (AvgIpc) is 2.86. The van der Waals surface area contributed by atoms with Gasteiger partial charge in [-0.15, -0.1) is 10.2 Å². The molecule has 0 aliphatic rings. The number of nitrogens with one attached hydrogen (secondary N) is 2. The molecule has 1 unspecified atom stereocenters. The molecule has 2 rings (SSSR count). The molecule has 106 valence electrons. The molecule has 0 spiro atoms. The van der Waals surface area contributed by atoms with Crippen molar-refractivity contribution >= 4 is 34.1 Å². The fourth-order valence-corrected chi connectivity index (χ4v) is 2.75. The van der Waals surface area contributed by atoms with Gasteiger partial charge in [-0.2, -0.15) is 0 Å². The molecule has 2 N–H and O–H groups in total. The lowest BCUT2D eigenvalue weighted by Gasteiger charge is -2.08. The predicted molar refractivity (Wildman–Crippen MR) is 78.1 cm³/mol. The number of aryl methyl sites for hydroxylation is 1. The molecular weight excluding hydrogens is 298 g/mol. The molecule has 2 heterocycles. The summed E-state index contributed by atoms with van der Waals surface area (Å²) in [5.74, 6) is -0.208. The van der Waals surface area contributed by atoms with Crippen LogP contribution in [0.25, 0.3) is 0 Å². The first-order valence-electron chi connectivity index (χ1n) is 5.93. The van der Waals surface area contributed by atoms with E-state index in [9.17, 15) is 9.59 Å². The van der Waals surface area contributed by atoms with Crippen molar-refractivity contribution in [3.8, 4) is 0 Å². The van der Waals surface area contributed by atoms with E-state index < -0.39 is 5.25 Å². The normalized spacial score (nSPS) is 12.1. The summed E-state index contributed by atoms with van der Waals surface area (Å²) in [5, 5.41) is 11.9. The van der Waals surface area contributed by atoms with Crippen LogP contribution in [-0.4, -0.2) is 31.3 Å². The second kappa shape index (κ2) is 6.62. The van der Waals surface area contributed by atoms with Gasteiger partial charge in [-0.1, -0.05) is 30.0 Å². The van der Waals surface area contributed by atoms with Crippen LogP contribution in [0, 0.1) is 0 Å². The zero-order valence-electron chi connectivity index (χ0n) is 10.9. The second-order valence-electron chi connectivity index (χ2n) is 3.84. The van der Waals surface area contributed by atoms with Crippen molar-refractivity contribution in [2.45, 2.75) is 30.7 Å². The minimum absolute atomic E-state index is 0.208. The number of amides is 1. The van der Waals surface area contributed by atoms with Crippen LogP contribution < -0.4 is 10.9 Å². The number of H-pyrrole nitrogens is 1. The highest BCUT2D eigenvalue weighted by molar-refractivity contribution is 8.00. The van der Waals surface area contributed by atoms with Gasteiger partial charge in [-0.25, -0.2) is 4.98 Å². The molecule has 2 aromatic heterocycles. The van der Waals surface area contributed by atoms with Crippen molar-refractivity contribution in [1.82, 2.24) is 20.2 Å². The summed E-state index contributed by atoms with van der Waals surface area (Å²) in [6, 6.07) is 1.32. The topological polar surface area (TPSA) is 101 Å². The Balaban J connectivity index is 1.96. The molecule has 20 heavy (non-hydrogen) atoms. The predicted octanol–water partition coefficient (Wildman–Crippen LogP) is 1.30. The van der Waals surface area contributed by atoms with E-state index in [4.69, 9.17) is 0 Å². The van der Waals surface area contributed by atoms with Gasteiger partial charge < -0.3 is 4.98 Å². The third-order valence-corrected chi connectivity index (χ3v) is 4.29. The molecule has 0 radical (unpaired) electrons. The number of aromatic nitrogens is 4. The van der Waals surface area contributed by atoms with E-state index in [1.54, 1.807) is 6.92 Å². The van der Waals surface area contributed by atoms with E-state index in [0.29, 0.717) is 10.3 Å². The van der Waals surface area contributed by atoms with Crippen LogP contribution in [0.5, 0.6) is 0 Å². The number of rotatable bonds is 5. The third-order valence-electron chi connectivity index (χ3n) is 2.30. The fourth-order valence-electron chi connectivity index (χ4n) is 1.29. The van der Waals surface area contributed by atoms with E-state index in [2.05, 4.69) is 25.5 Å². The highest BCUT2D eigenvalue weighted by Crippen LogP contribution is 2.21. The van der Waals surface area contributed by atoms with Gasteiger partial charge in [0.2, 0.25) is 11.0 Å². The number of carbonyl (C=O) groups is 1. The number of nitrogens with zero attached hydrogens (tertiary/aromatic N) is 3. The Kier molecular flexibility index (Phi) is 4.85. The van der Waals surface area contributed by atoms with Gasteiger partial charge in [0.1, 0.15) is 5.01 Å². The van der Waals surface area contributed by atoms with Crippen LogP contribution >= 0.6 is 23.1 Å². The maximum absolute atomic E-state index is 12.0. The molecule has 0 aliphatic heterocycles. The Labute approximate surface area is 123 Å². The molecule has 0 aliphatic carbocycles. The van der Waals surface area contributed by atoms with E-state index in [-0.39, 0.29) is 11.5 Å². The monoisotopic (exact) mass is 311 g/mol. The minimum atomic E-state index is -0.408. The third kappa shape index (κ3) is 3.87. The maximum atomic E-state index is 12.0. The molecule has 1 amide bonds. The second-order valence-corrected chi connectivity index (χ2v) is 6.23. The molecule has 0 saturated carbocycles. The summed E-state index contributed by atoms with van der Waals surface area (Å²) in [4.78, 5) is 29.7. The first kappa shape index (κ1) is 14.7. The van der Waals surface area contributed by atoms with Crippen molar-refractivity contribution in [1.29, 1.82) is 0 Å². The van der Waals surface area contributed by atoms with Crippen molar-refractivity contribution in [2.75, 3.05) is 5.32 Å². The van der Waals surface area contributed by atoms with Crippen molar-refractivity contribution < 1.29 is 4.79 Å². The van der Waals surface area contributed by atoms with Gasteiger partial charge in [-0.3, -0.25) is 14.9 Å². The lowest BCUT2D eigenvalue weighted by molar-refractivity contribution is -0.115. The van der Waals surface area contributed by atoms with Crippen LogP contribution in [0.4, 0.5) is 5.13 Å². The Morgan fingerprint density at radius 3 is 3.00 bits per heavy atom. The maximum Gasteiger partial charge on any atom is 0.251 e. The number of carbonyl (C=O) groups excluding carboxylic acids is 1. The Morgan fingerprint density at radius 2 is 2.35 bits per heavy atom. The van der Waals surface area contributed by atoms with Crippen molar-refractivity contribution in [3.63, 3.8) is 0 Å². The van der Waals surface area contributed by atoms with E-state index in [0.717, 1.165) is 11.4 Å². The number of hydrogen-bond acceptors (Lipinski definition) is 7. The zero-order chi connectivity index (χ0) is 14.5. The highest BCUT2D eigenvalue weighted by Gasteiger charge is 2.17. The van der Waals surface area contributed by atoms with Crippen LogP contribution in [0.15, 0.2) is 22.2 Å². The number of aromatic amines is 1. The Morgan fingerprint density at radius 1 is 1.55 bits per heavy atom. The molecule has 0 aromatic carbocycles. The fraction of sp³-hybridized carbons (Fsp3) is 0.364. The minimum Gasteiger partial charge on any atom is -0.301 e. The van der Waals surface area contributed by atoms with Crippen LogP contribution in [-0.2, 0) is 11.2 Å². The summed E-state index contributed by atoms with van der Waals surface area (Å²) in [5.41, 5.74) is -0.244. The van der Waals surface area contributed by atoms with Crippen LogP contribution in [0.2, 0.25) is 0 Å². The SMILES string of the molecule is CCc1nnc(NC(=O)C(C)Sc2nccc(=O)[nH]2)s1. The molecule has 7 nitrogen and oxygen atoms in total. The Hall–Kier alpha value is -1.74. The van der Waals surface area contributed by atoms with Crippen molar-refractivity contribution in [2.24, 2.45) is 0 Å². The summed E-state index contributed by atoms with van der Waals surface area (Å²) >= 11 is 2.53. The van der Waals surface area contributed by atoms with Gasteiger partial charge in [0, 0.05) is 12.3 Å². The standard InChI is InChI=1S/C11H13N5O2S2/c1-3-8-15-16-11(20-8)14-9(18)6(2)19-10-12-5-4-7(17)13-10/h4-6H,3H2,1-2H3,(H,12,13,17)(H,14,16,18). The lowest BCUT2D eigenvalue weighted by atomic mass is 10.4. The van der Waals surface area contributed by atoms with E-state index in [1.807, 2.05) is 6.92 Å². The van der Waals surface area contributed by atoms with E-state index >= 15 is 0 Å². The van der Waals surface area contributed by atoms with Crippen molar-refractivity contribution in [3.05, 3.63) is 27.6 Å². The van der Waals surface area contributed by atoms with Gasteiger partial charge in [0.25, 0.3) is 5.56 Å². The summed E-state index contributed by atoms with van der Waals surface area (Å²) in [6.45, 7) is 3.71. The summed E-state index contributed by atoms with van der Waals surface area (Å²) < 4.78 is 0. The number of thioether (sulfide) groups is 1. The summed E-state index contributed by atoms with van der Waals surface area (Å²) in [7, 11) is 0.